The normalized spacial score (nSPS) is 11.7. The summed E-state index contributed by atoms with van der Waals surface area (Å²) in [7, 11) is 0. The largest absolute Gasteiger partial charge is 0.276 e. The monoisotopic (exact) mass is 623 g/mol. The van der Waals surface area contributed by atoms with Gasteiger partial charge in [-0.3, -0.25) is 4.40 Å². The summed E-state index contributed by atoms with van der Waals surface area (Å²) in [5, 5.41) is 7.43. The number of hydrogen-bond donors (Lipinski definition) is 0. The summed E-state index contributed by atoms with van der Waals surface area (Å²) < 4.78 is 2.20. The molecule has 2 heterocycles. The van der Waals surface area contributed by atoms with Gasteiger partial charge in [-0.25, -0.2) is 9.97 Å². The first-order valence-electron chi connectivity index (χ1n) is 16.7. The minimum absolute atomic E-state index is 0.688. The lowest BCUT2D eigenvalue weighted by Gasteiger charge is -2.18. The smallest absolute Gasteiger partial charge is 0.235 e. The van der Waals surface area contributed by atoms with E-state index in [2.05, 4.69) is 174 Å². The van der Waals surface area contributed by atoms with Gasteiger partial charge >= 0.3 is 0 Å². The molecular weight excluding hydrogens is 595 g/mol. The lowest BCUT2D eigenvalue weighted by molar-refractivity contribution is 1.14. The summed E-state index contributed by atoms with van der Waals surface area (Å²) >= 11 is 0. The van der Waals surface area contributed by atoms with Crippen LogP contribution in [0.5, 0.6) is 0 Å². The first-order valence-corrected chi connectivity index (χ1v) is 16.7. The van der Waals surface area contributed by atoms with Crippen molar-refractivity contribution < 1.29 is 0 Å². The molecule has 0 atom stereocenters. The molecule has 3 heteroatoms. The Morgan fingerprint density at radius 1 is 0.388 bits per heavy atom. The molecule has 0 aliphatic rings. The minimum Gasteiger partial charge on any atom is -0.276 e. The van der Waals surface area contributed by atoms with Crippen molar-refractivity contribution in [3.63, 3.8) is 0 Å². The van der Waals surface area contributed by atoms with Crippen LogP contribution in [-0.2, 0) is 0 Å². The number of benzene rings is 8. The molecule has 0 saturated heterocycles. The summed E-state index contributed by atoms with van der Waals surface area (Å²) in [5.74, 6) is 0.688. The standard InChI is InChI=1S/C46H29N3/c1-3-15-31(16-4-1)40-29-43(32-17-5-2-6-18-32)49-42-27-26-33(28-41(42)48-46(49)47-40)44-36-21-9-11-23-38(36)45(39-24-12-10-22-37(39)44)35-25-13-19-30-14-7-8-20-34(30)35/h1-29H. The number of rotatable bonds is 4. The highest BCUT2D eigenvalue weighted by Crippen LogP contribution is 2.45. The maximum absolute atomic E-state index is 5.18. The molecule has 0 aliphatic carbocycles. The van der Waals surface area contributed by atoms with Crippen molar-refractivity contribution >= 4 is 49.1 Å². The van der Waals surface area contributed by atoms with Gasteiger partial charge in [0.2, 0.25) is 5.78 Å². The molecule has 0 amide bonds. The molecule has 49 heavy (non-hydrogen) atoms. The van der Waals surface area contributed by atoms with Crippen molar-refractivity contribution in [3.05, 3.63) is 176 Å². The van der Waals surface area contributed by atoms with E-state index in [0.29, 0.717) is 5.78 Å². The van der Waals surface area contributed by atoms with Gasteiger partial charge in [0.15, 0.2) is 0 Å². The molecule has 0 unspecified atom stereocenters. The maximum Gasteiger partial charge on any atom is 0.235 e. The second-order valence-electron chi connectivity index (χ2n) is 12.6. The van der Waals surface area contributed by atoms with Crippen LogP contribution in [0.2, 0.25) is 0 Å². The summed E-state index contributed by atoms with van der Waals surface area (Å²) in [6.07, 6.45) is 0. The van der Waals surface area contributed by atoms with Gasteiger partial charge in [-0.05, 0) is 78.3 Å². The van der Waals surface area contributed by atoms with Crippen molar-refractivity contribution in [2.24, 2.45) is 0 Å². The molecule has 0 N–H and O–H groups in total. The Morgan fingerprint density at radius 2 is 0.959 bits per heavy atom. The number of aromatic nitrogens is 3. The van der Waals surface area contributed by atoms with Crippen molar-refractivity contribution in [2.45, 2.75) is 0 Å². The van der Waals surface area contributed by atoms with E-state index in [1.807, 2.05) is 6.07 Å². The van der Waals surface area contributed by atoms with Crippen LogP contribution in [0.3, 0.4) is 0 Å². The van der Waals surface area contributed by atoms with Crippen molar-refractivity contribution in [1.82, 2.24) is 14.4 Å². The Hall–Kier alpha value is -6.58. The molecule has 228 valence electrons. The predicted octanol–water partition coefficient (Wildman–Crippen LogP) is 12.0. The average molecular weight is 624 g/mol. The number of nitrogens with zero attached hydrogens (tertiary/aromatic N) is 3. The lowest BCUT2D eigenvalue weighted by atomic mass is 9.84. The Morgan fingerprint density at radius 3 is 1.65 bits per heavy atom. The van der Waals surface area contributed by atoms with Crippen LogP contribution < -0.4 is 0 Å². The number of hydrogen-bond acceptors (Lipinski definition) is 2. The quantitative estimate of drug-likeness (QED) is 0.183. The van der Waals surface area contributed by atoms with Crippen molar-refractivity contribution in [1.29, 1.82) is 0 Å². The predicted molar refractivity (Wildman–Crippen MR) is 205 cm³/mol. The summed E-state index contributed by atoms with van der Waals surface area (Å²) in [4.78, 5) is 10.3. The van der Waals surface area contributed by atoms with Crippen LogP contribution in [-0.4, -0.2) is 14.4 Å². The van der Waals surface area contributed by atoms with Gasteiger partial charge in [0.05, 0.1) is 22.4 Å². The van der Waals surface area contributed by atoms with E-state index in [1.54, 1.807) is 0 Å². The number of fused-ring (bicyclic) bond motifs is 6. The van der Waals surface area contributed by atoms with Gasteiger partial charge in [0.1, 0.15) is 0 Å². The fourth-order valence-electron chi connectivity index (χ4n) is 7.62. The topological polar surface area (TPSA) is 30.2 Å². The molecule has 10 rings (SSSR count). The molecule has 3 nitrogen and oxygen atoms in total. The van der Waals surface area contributed by atoms with Crippen LogP contribution in [0.4, 0.5) is 0 Å². The fraction of sp³-hybridized carbons (Fsp3) is 0. The van der Waals surface area contributed by atoms with Crippen molar-refractivity contribution in [3.8, 4) is 44.8 Å². The summed E-state index contributed by atoms with van der Waals surface area (Å²) in [6.45, 7) is 0. The Labute approximate surface area is 283 Å². The zero-order chi connectivity index (χ0) is 32.3. The van der Waals surface area contributed by atoms with Gasteiger partial charge in [-0.15, -0.1) is 0 Å². The van der Waals surface area contributed by atoms with E-state index in [1.165, 1.54) is 49.0 Å². The van der Waals surface area contributed by atoms with Crippen LogP contribution in [0, 0.1) is 0 Å². The molecule has 0 bridgehead atoms. The zero-order valence-electron chi connectivity index (χ0n) is 26.6. The summed E-state index contributed by atoms with van der Waals surface area (Å²) in [6, 6.07) is 62.8. The van der Waals surface area contributed by atoms with Gasteiger partial charge in [0, 0.05) is 5.56 Å². The van der Waals surface area contributed by atoms with Gasteiger partial charge in [-0.2, -0.15) is 0 Å². The molecular formula is C46H29N3. The maximum atomic E-state index is 5.18. The van der Waals surface area contributed by atoms with Gasteiger partial charge in [0.25, 0.3) is 0 Å². The van der Waals surface area contributed by atoms with Crippen LogP contribution in [0.1, 0.15) is 0 Å². The second kappa shape index (κ2) is 11.0. The zero-order valence-corrected chi connectivity index (χ0v) is 26.6. The highest BCUT2D eigenvalue weighted by molar-refractivity contribution is 6.23. The van der Waals surface area contributed by atoms with Crippen LogP contribution in [0.15, 0.2) is 176 Å². The molecule has 0 radical (unpaired) electrons. The van der Waals surface area contributed by atoms with Gasteiger partial charge < -0.3 is 0 Å². The molecule has 0 saturated carbocycles. The third-order valence-electron chi connectivity index (χ3n) is 9.79. The highest BCUT2D eigenvalue weighted by Gasteiger charge is 2.20. The highest BCUT2D eigenvalue weighted by atomic mass is 15.1. The molecule has 0 fully saturated rings. The second-order valence-corrected chi connectivity index (χ2v) is 12.6. The molecule has 0 aliphatic heterocycles. The summed E-state index contributed by atoms with van der Waals surface area (Å²) in [5.41, 5.74) is 11.0. The van der Waals surface area contributed by atoms with E-state index < -0.39 is 0 Å². The van der Waals surface area contributed by atoms with Crippen LogP contribution >= 0.6 is 0 Å². The first-order chi connectivity index (χ1) is 24.3. The molecule has 8 aromatic carbocycles. The molecule has 10 aromatic rings. The van der Waals surface area contributed by atoms with E-state index >= 15 is 0 Å². The SMILES string of the molecule is c1ccc(-c2cc(-c3ccccc3)n3c(n2)nc2cc(-c4c5ccccc5c(-c5cccc6ccccc56)c5ccccc45)ccc23)cc1. The average Bonchev–Trinajstić information content (AvgIpc) is 3.55. The van der Waals surface area contributed by atoms with Crippen LogP contribution in [0.25, 0.3) is 93.9 Å². The van der Waals surface area contributed by atoms with E-state index in [9.17, 15) is 0 Å². The Balaban J connectivity index is 1.25. The van der Waals surface area contributed by atoms with Gasteiger partial charge in [-0.1, -0.05) is 158 Å². The fourth-order valence-corrected chi connectivity index (χ4v) is 7.62. The minimum atomic E-state index is 0.688. The third kappa shape index (κ3) is 4.37. The number of imidazole rings is 1. The van der Waals surface area contributed by atoms with E-state index in [0.717, 1.165) is 39.1 Å². The molecule has 0 spiro atoms. The third-order valence-corrected chi connectivity index (χ3v) is 9.79. The van der Waals surface area contributed by atoms with Crippen molar-refractivity contribution in [2.75, 3.05) is 0 Å². The van der Waals surface area contributed by atoms with E-state index in [4.69, 9.17) is 9.97 Å². The van der Waals surface area contributed by atoms with E-state index in [-0.39, 0.29) is 0 Å². The Bertz CT molecular complexity index is 2810. The molecule has 2 aromatic heterocycles. The Kier molecular flexibility index (Phi) is 6.18. The first kappa shape index (κ1) is 27.5. The lowest BCUT2D eigenvalue weighted by Crippen LogP contribution is -1.97.